The molecule has 4 heteroatoms. The van der Waals surface area contributed by atoms with Gasteiger partial charge in [0, 0.05) is 25.2 Å². The van der Waals surface area contributed by atoms with Crippen LogP contribution in [0.3, 0.4) is 0 Å². The lowest BCUT2D eigenvalue weighted by Gasteiger charge is -2.45. The van der Waals surface area contributed by atoms with Crippen LogP contribution in [0.2, 0.25) is 0 Å². The number of aryl methyl sites for hydroxylation is 1. The monoisotopic (exact) mass is 360 g/mol. The number of hydrogen-bond donors (Lipinski definition) is 1. The van der Waals surface area contributed by atoms with Gasteiger partial charge in [0.05, 0.1) is 19.3 Å². The van der Waals surface area contributed by atoms with E-state index in [0.29, 0.717) is 5.92 Å². The van der Waals surface area contributed by atoms with E-state index in [1.807, 2.05) is 6.07 Å². The molecule has 1 aromatic carbocycles. The van der Waals surface area contributed by atoms with Crippen molar-refractivity contribution in [3.8, 4) is 0 Å². The van der Waals surface area contributed by atoms with E-state index in [4.69, 9.17) is 4.74 Å². The maximum Gasteiger partial charge on any atom is 0.0594 e. The van der Waals surface area contributed by atoms with Gasteiger partial charge in [-0.3, -0.25) is 4.90 Å². The summed E-state index contributed by atoms with van der Waals surface area (Å²) in [6.45, 7) is 11.9. The Kier molecular flexibility index (Phi) is 7.10. The van der Waals surface area contributed by atoms with Crippen LogP contribution in [0, 0.1) is 5.92 Å². The summed E-state index contributed by atoms with van der Waals surface area (Å²) in [4.78, 5) is 5.16. The Morgan fingerprint density at radius 3 is 2.38 bits per heavy atom. The van der Waals surface area contributed by atoms with E-state index in [2.05, 4.69) is 47.9 Å². The molecule has 4 nitrogen and oxygen atoms in total. The highest BCUT2D eigenvalue weighted by molar-refractivity contribution is 5.14. The van der Waals surface area contributed by atoms with Crippen LogP contribution in [0.1, 0.15) is 38.7 Å². The fourth-order valence-corrected chi connectivity index (χ4v) is 4.51. The summed E-state index contributed by atoms with van der Waals surface area (Å²) in [6.07, 6.45) is 3.94. The van der Waals surface area contributed by atoms with Crippen LogP contribution in [0.25, 0.3) is 0 Å². The third-order valence-corrected chi connectivity index (χ3v) is 6.23. The van der Waals surface area contributed by atoms with E-state index in [1.54, 1.807) is 0 Å². The van der Waals surface area contributed by atoms with Crippen molar-refractivity contribution in [2.75, 3.05) is 45.9 Å². The Bertz CT molecular complexity index is 520. The number of benzene rings is 1. The number of ether oxygens (including phenoxy) is 1. The summed E-state index contributed by atoms with van der Waals surface area (Å²) in [5.74, 6) is 0.460. The van der Waals surface area contributed by atoms with Gasteiger partial charge in [-0.2, -0.15) is 0 Å². The molecule has 2 fully saturated rings. The minimum Gasteiger partial charge on any atom is -0.393 e. The van der Waals surface area contributed by atoms with Crippen molar-refractivity contribution in [1.82, 2.24) is 9.80 Å². The molecule has 2 heterocycles. The first-order valence-electron chi connectivity index (χ1n) is 10.3. The molecule has 2 aliphatic heterocycles. The van der Waals surface area contributed by atoms with Crippen molar-refractivity contribution < 1.29 is 9.84 Å². The van der Waals surface area contributed by atoms with Gasteiger partial charge in [0.15, 0.2) is 0 Å². The summed E-state index contributed by atoms with van der Waals surface area (Å²) in [7, 11) is 0. The van der Waals surface area contributed by atoms with Gasteiger partial charge in [-0.25, -0.2) is 0 Å². The van der Waals surface area contributed by atoms with Gasteiger partial charge in [-0.1, -0.05) is 30.3 Å². The number of aliphatic hydroxyl groups is 1. The van der Waals surface area contributed by atoms with Crippen LogP contribution in [0.4, 0.5) is 0 Å². The molecule has 1 atom stereocenters. The lowest BCUT2D eigenvalue weighted by Crippen LogP contribution is -2.56. The van der Waals surface area contributed by atoms with Crippen molar-refractivity contribution in [3.05, 3.63) is 35.9 Å². The molecular weight excluding hydrogens is 324 g/mol. The fourth-order valence-electron chi connectivity index (χ4n) is 4.51. The summed E-state index contributed by atoms with van der Waals surface area (Å²) >= 11 is 0. The SMILES string of the molecule is CC(C)(CN1CCC(C(O)CCc2ccccc2)CC1)N1CCOCC1. The van der Waals surface area contributed by atoms with Crippen LogP contribution < -0.4 is 0 Å². The van der Waals surface area contributed by atoms with E-state index < -0.39 is 0 Å². The minimum atomic E-state index is -0.162. The Hall–Kier alpha value is -0.940. The van der Waals surface area contributed by atoms with E-state index in [1.165, 1.54) is 5.56 Å². The van der Waals surface area contributed by atoms with E-state index >= 15 is 0 Å². The van der Waals surface area contributed by atoms with Gasteiger partial charge in [-0.05, 0) is 64.1 Å². The third-order valence-electron chi connectivity index (χ3n) is 6.23. The van der Waals surface area contributed by atoms with Crippen LogP contribution in [-0.4, -0.2) is 72.5 Å². The molecule has 3 rings (SSSR count). The molecule has 0 radical (unpaired) electrons. The first-order valence-corrected chi connectivity index (χ1v) is 10.3. The quantitative estimate of drug-likeness (QED) is 0.811. The Morgan fingerprint density at radius 2 is 1.73 bits per heavy atom. The smallest absolute Gasteiger partial charge is 0.0594 e. The molecule has 0 amide bonds. The highest BCUT2D eigenvalue weighted by Crippen LogP contribution is 2.26. The number of rotatable bonds is 7. The van der Waals surface area contributed by atoms with Crippen molar-refractivity contribution in [2.45, 2.75) is 51.2 Å². The van der Waals surface area contributed by atoms with Crippen LogP contribution in [0.5, 0.6) is 0 Å². The van der Waals surface area contributed by atoms with Crippen LogP contribution >= 0.6 is 0 Å². The molecule has 0 aromatic heterocycles. The average molecular weight is 361 g/mol. The molecule has 0 bridgehead atoms. The Labute approximate surface area is 159 Å². The lowest BCUT2D eigenvalue weighted by molar-refractivity contribution is -0.0284. The second-order valence-electron chi connectivity index (χ2n) is 8.62. The number of nitrogens with zero attached hydrogens (tertiary/aromatic N) is 2. The first kappa shape index (κ1) is 19.8. The zero-order chi connectivity index (χ0) is 18.4. The van der Waals surface area contributed by atoms with E-state index in [9.17, 15) is 5.11 Å². The molecule has 146 valence electrons. The highest BCUT2D eigenvalue weighted by Gasteiger charge is 2.32. The number of morpholine rings is 1. The molecule has 1 unspecified atom stereocenters. The predicted octanol–water partition coefficient (Wildman–Crippen LogP) is 2.80. The van der Waals surface area contributed by atoms with Crippen molar-refractivity contribution in [1.29, 1.82) is 0 Å². The number of aliphatic hydroxyl groups excluding tert-OH is 1. The minimum absolute atomic E-state index is 0.162. The van der Waals surface area contributed by atoms with Gasteiger partial charge in [0.25, 0.3) is 0 Å². The molecule has 0 spiro atoms. The second-order valence-corrected chi connectivity index (χ2v) is 8.62. The molecule has 26 heavy (non-hydrogen) atoms. The molecule has 1 N–H and O–H groups in total. The molecule has 0 aliphatic carbocycles. The van der Waals surface area contributed by atoms with Crippen molar-refractivity contribution >= 4 is 0 Å². The number of piperidine rings is 1. The van der Waals surface area contributed by atoms with Gasteiger partial charge in [0.1, 0.15) is 0 Å². The first-order chi connectivity index (χ1) is 12.5. The summed E-state index contributed by atoms with van der Waals surface area (Å²) in [5, 5.41) is 10.6. The number of likely N-dealkylation sites (tertiary alicyclic amines) is 1. The molecular formula is C22H36N2O2. The number of hydrogen-bond acceptors (Lipinski definition) is 4. The maximum absolute atomic E-state index is 10.6. The summed E-state index contributed by atoms with van der Waals surface area (Å²) in [6, 6.07) is 10.5. The zero-order valence-corrected chi connectivity index (χ0v) is 16.6. The fraction of sp³-hybridized carbons (Fsp3) is 0.727. The van der Waals surface area contributed by atoms with Gasteiger partial charge >= 0.3 is 0 Å². The second kappa shape index (κ2) is 9.32. The highest BCUT2D eigenvalue weighted by atomic mass is 16.5. The van der Waals surface area contributed by atoms with Gasteiger partial charge in [0.2, 0.25) is 0 Å². The van der Waals surface area contributed by atoms with Crippen molar-refractivity contribution in [3.63, 3.8) is 0 Å². The van der Waals surface area contributed by atoms with Crippen LogP contribution in [-0.2, 0) is 11.2 Å². The van der Waals surface area contributed by atoms with E-state index in [0.717, 1.165) is 71.6 Å². The maximum atomic E-state index is 10.6. The summed E-state index contributed by atoms with van der Waals surface area (Å²) < 4.78 is 5.50. The topological polar surface area (TPSA) is 35.9 Å². The average Bonchev–Trinajstić information content (AvgIpc) is 2.68. The van der Waals surface area contributed by atoms with Crippen molar-refractivity contribution in [2.24, 2.45) is 5.92 Å². The summed E-state index contributed by atoms with van der Waals surface area (Å²) in [5.41, 5.74) is 1.53. The Morgan fingerprint density at radius 1 is 1.08 bits per heavy atom. The molecule has 2 aliphatic rings. The van der Waals surface area contributed by atoms with Gasteiger partial charge in [-0.15, -0.1) is 0 Å². The standard InChI is InChI=1S/C22H36N2O2/c1-22(2,24-14-16-26-17-15-24)18-23-12-10-20(11-13-23)21(25)9-8-19-6-4-3-5-7-19/h3-7,20-21,25H,8-18H2,1-2H3. The van der Waals surface area contributed by atoms with E-state index in [-0.39, 0.29) is 11.6 Å². The third kappa shape index (κ3) is 5.53. The molecule has 1 aromatic rings. The predicted molar refractivity (Wildman–Crippen MR) is 106 cm³/mol. The Balaban J connectivity index is 1.40. The lowest BCUT2D eigenvalue weighted by atomic mass is 9.87. The molecule has 0 saturated carbocycles. The molecule has 2 saturated heterocycles. The zero-order valence-electron chi connectivity index (χ0n) is 16.6. The largest absolute Gasteiger partial charge is 0.393 e. The normalized spacial score (nSPS) is 22.4. The van der Waals surface area contributed by atoms with Crippen LogP contribution in [0.15, 0.2) is 30.3 Å². The van der Waals surface area contributed by atoms with Gasteiger partial charge < -0.3 is 14.7 Å².